The number of benzene rings is 1. The molecule has 0 saturated heterocycles. The fourth-order valence-corrected chi connectivity index (χ4v) is 3.01. The van der Waals surface area contributed by atoms with Gasteiger partial charge >= 0.3 is 0 Å². The Hall–Kier alpha value is -1.63. The Kier molecular flexibility index (Phi) is 4.04. The van der Waals surface area contributed by atoms with Crippen LogP contribution in [0.15, 0.2) is 47.5 Å². The van der Waals surface area contributed by atoms with Gasteiger partial charge < -0.3 is 5.73 Å². The molecule has 2 rings (SSSR count). The van der Waals surface area contributed by atoms with E-state index in [4.69, 9.17) is 17.3 Å². The molecule has 2 aromatic rings. The number of nitrogens with one attached hydrogen (secondary N) is 1. The lowest BCUT2D eigenvalue weighted by Crippen LogP contribution is -2.24. The zero-order chi connectivity index (χ0) is 13.9. The van der Waals surface area contributed by atoms with Crippen LogP contribution in [-0.4, -0.2) is 13.4 Å². The molecule has 19 heavy (non-hydrogen) atoms. The van der Waals surface area contributed by atoms with Gasteiger partial charge in [-0.3, -0.25) is 4.98 Å². The molecule has 1 aromatic carbocycles. The summed E-state index contributed by atoms with van der Waals surface area (Å²) in [6.45, 7) is 0.0916. The molecule has 0 unspecified atom stereocenters. The summed E-state index contributed by atoms with van der Waals surface area (Å²) in [7, 11) is -3.71. The van der Waals surface area contributed by atoms with E-state index >= 15 is 0 Å². The highest BCUT2D eigenvalue weighted by Gasteiger charge is 2.18. The molecule has 0 aliphatic carbocycles. The highest BCUT2D eigenvalue weighted by atomic mass is 35.5. The minimum atomic E-state index is -3.71. The van der Waals surface area contributed by atoms with Crippen LogP contribution in [0.3, 0.4) is 0 Å². The first-order chi connectivity index (χ1) is 8.99. The normalized spacial score (nSPS) is 11.4. The van der Waals surface area contributed by atoms with Crippen molar-refractivity contribution < 1.29 is 8.42 Å². The van der Waals surface area contributed by atoms with E-state index in [9.17, 15) is 8.42 Å². The average Bonchev–Trinajstić information content (AvgIpc) is 2.40. The number of nitrogens with two attached hydrogens (primary N) is 1. The summed E-state index contributed by atoms with van der Waals surface area (Å²) in [4.78, 5) is 3.99. The number of hydrogen-bond acceptors (Lipinski definition) is 4. The van der Waals surface area contributed by atoms with Gasteiger partial charge in [-0.2, -0.15) is 0 Å². The molecule has 0 saturated carbocycles. The van der Waals surface area contributed by atoms with E-state index in [1.54, 1.807) is 30.5 Å². The molecule has 5 nitrogen and oxygen atoms in total. The first kappa shape index (κ1) is 13.8. The predicted octanol–water partition coefficient (Wildman–Crippen LogP) is 1.80. The van der Waals surface area contributed by atoms with Gasteiger partial charge in [-0.15, -0.1) is 0 Å². The minimum absolute atomic E-state index is 0.0369. The fourth-order valence-electron chi connectivity index (χ4n) is 1.48. The molecule has 7 heteroatoms. The second-order valence-corrected chi connectivity index (χ2v) is 5.98. The topological polar surface area (TPSA) is 85.1 Å². The number of anilines is 1. The van der Waals surface area contributed by atoms with Crippen molar-refractivity contribution in [2.45, 2.75) is 11.4 Å². The number of hydrogen-bond donors (Lipinski definition) is 2. The Balaban J connectivity index is 2.21. The van der Waals surface area contributed by atoms with Gasteiger partial charge in [-0.05, 0) is 30.3 Å². The first-order valence-electron chi connectivity index (χ1n) is 5.43. The largest absolute Gasteiger partial charge is 0.399 e. The van der Waals surface area contributed by atoms with Gasteiger partial charge in [0, 0.05) is 11.9 Å². The minimum Gasteiger partial charge on any atom is -0.399 e. The molecule has 0 aliphatic heterocycles. The van der Waals surface area contributed by atoms with Crippen LogP contribution in [-0.2, 0) is 16.6 Å². The Labute approximate surface area is 116 Å². The van der Waals surface area contributed by atoms with Crippen molar-refractivity contribution >= 4 is 27.3 Å². The standard InChI is InChI=1S/C12H12ClN3O2S/c13-11-5-4-9(14)7-12(11)19(17,18)16-8-10-3-1-2-6-15-10/h1-7,16H,8,14H2. The molecular weight excluding hydrogens is 286 g/mol. The monoisotopic (exact) mass is 297 g/mol. The van der Waals surface area contributed by atoms with Crippen molar-refractivity contribution in [3.05, 3.63) is 53.3 Å². The second kappa shape index (κ2) is 5.56. The van der Waals surface area contributed by atoms with Gasteiger partial charge in [-0.25, -0.2) is 13.1 Å². The van der Waals surface area contributed by atoms with Crippen LogP contribution in [0.4, 0.5) is 5.69 Å². The fraction of sp³-hybridized carbons (Fsp3) is 0.0833. The lowest BCUT2D eigenvalue weighted by Gasteiger charge is -2.08. The van der Waals surface area contributed by atoms with Crippen molar-refractivity contribution in [1.82, 2.24) is 9.71 Å². The van der Waals surface area contributed by atoms with Gasteiger partial charge in [0.05, 0.1) is 17.3 Å². The van der Waals surface area contributed by atoms with Gasteiger partial charge in [0.1, 0.15) is 4.90 Å². The molecular formula is C12H12ClN3O2S. The van der Waals surface area contributed by atoms with Gasteiger partial charge in [0.15, 0.2) is 0 Å². The number of nitrogen functional groups attached to an aromatic ring is 1. The third-order valence-corrected chi connectivity index (χ3v) is 4.30. The van der Waals surface area contributed by atoms with Crippen molar-refractivity contribution in [2.24, 2.45) is 0 Å². The summed E-state index contributed by atoms with van der Waals surface area (Å²) >= 11 is 5.87. The lowest BCUT2D eigenvalue weighted by molar-refractivity contribution is 0.580. The predicted molar refractivity (Wildman–Crippen MR) is 74.1 cm³/mol. The zero-order valence-electron chi connectivity index (χ0n) is 9.88. The molecule has 0 radical (unpaired) electrons. The summed E-state index contributed by atoms with van der Waals surface area (Å²) in [6, 6.07) is 9.58. The van der Waals surface area contributed by atoms with Crippen LogP contribution in [0.1, 0.15) is 5.69 Å². The molecule has 0 amide bonds. The molecule has 0 atom stereocenters. The van der Waals surface area contributed by atoms with Gasteiger partial charge in [0.25, 0.3) is 0 Å². The van der Waals surface area contributed by atoms with E-state index in [2.05, 4.69) is 9.71 Å². The molecule has 1 aromatic heterocycles. The summed E-state index contributed by atoms with van der Waals surface area (Å²) in [5, 5.41) is 0.128. The average molecular weight is 298 g/mol. The zero-order valence-corrected chi connectivity index (χ0v) is 11.4. The van der Waals surface area contributed by atoms with E-state index in [-0.39, 0.29) is 16.5 Å². The maximum Gasteiger partial charge on any atom is 0.242 e. The number of sulfonamides is 1. The van der Waals surface area contributed by atoms with Crippen LogP contribution in [0.2, 0.25) is 5.02 Å². The number of nitrogens with zero attached hydrogens (tertiary/aromatic N) is 1. The van der Waals surface area contributed by atoms with Crippen LogP contribution in [0, 0.1) is 0 Å². The lowest BCUT2D eigenvalue weighted by atomic mass is 10.3. The number of aromatic nitrogens is 1. The maximum atomic E-state index is 12.1. The van der Waals surface area contributed by atoms with Gasteiger partial charge in [-0.1, -0.05) is 17.7 Å². The Morgan fingerprint density at radius 1 is 1.26 bits per heavy atom. The smallest absolute Gasteiger partial charge is 0.242 e. The van der Waals surface area contributed by atoms with Gasteiger partial charge in [0.2, 0.25) is 10.0 Å². The van der Waals surface area contributed by atoms with Crippen LogP contribution < -0.4 is 10.5 Å². The van der Waals surface area contributed by atoms with Crippen molar-refractivity contribution in [1.29, 1.82) is 0 Å². The third kappa shape index (κ3) is 3.44. The Morgan fingerprint density at radius 3 is 2.74 bits per heavy atom. The van der Waals surface area contributed by atoms with Crippen LogP contribution in [0.25, 0.3) is 0 Å². The maximum absolute atomic E-state index is 12.1. The Bertz CT molecular complexity index is 675. The molecule has 1 heterocycles. The molecule has 0 aliphatic rings. The van der Waals surface area contributed by atoms with Crippen LogP contribution >= 0.6 is 11.6 Å². The molecule has 0 bridgehead atoms. The van der Waals surface area contributed by atoms with E-state index < -0.39 is 10.0 Å². The van der Waals surface area contributed by atoms with E-state index in [1.807, 2.05) is 0 Å². The third-order valence-electron chi connectivity index (χ3n) is 2.41. The summed E-state index contributed by atoms with van der Waals surface area (Å²) in [5.41, 5.74) is 6.52. The molecule has 0 spiro atoms. The number of pyridine rings is 1. The summed E-state index contributed by atoms with van der Waals surface area (Å²) in [6.07, 6.45) is 1.59. The number of rotatable bonds is 4. The number of halogens is 1. The highest BCUT2D eigenvalue weighted by Crippen LogP contribution is 2.23. The first-order valence-corrected chi connectivity index (χ1v) is 7.30. The quantitative estimate of drug-likeness (QED) is 0.843. The van der Waals surface area contributed by atoms with E-state index in [1.165, 1.54) is 12.1 Å². The Morgan fingerprint density at radius 2 is 2.05 bits per heavy atom. The van der Waals surface area contributed by atoms with E-state index in [0.29, 0.717) is 11.4 Å². The SMILES string of the molecule is Nc1ccc(Cl)c(S(=O)(=O)NCc2ccccn2)c1. The highest BCUT2D eigenvalue weighted by molar-refractivity contribution is 7.89. The molecule has 100 valence electrons. The second-order valence-electron chi connectivity index (χ2n) is 3.84. The molecule has 3 N–H and O–H groups in total. The molecule has 0 fully saturated rings. The summed E-state index contributed by atoms with van der Waals surface area (Å²) < 4.78 is 26.6. The van der Waals surface area contributed by atoms with E-state index in [0.717, 1.165) is 0 Å². The van der Waals surface area contributed by atoms with Crippen molar-refractivity contribution in [2.75, 3.05) is 5.73 Å². The van der Waals surface area contributed by atoms with Crippen molar-refractivity contribution in [3.8, 4) is 0 Å². The summed E-state index contributed by atoms with van der Waals surface area (Å²) in [5.74, 6) is 0. The van der Waals surface area contributed by atoms with Crippen LogP contribution in [0.5, 0.6) is 0 Å². The van der Waals surface area contributed by atoms with Crippen molar-refractivity contribution in [3.63, 3.8) is 0 Å².